The zero-order valence-corrected chi connectivity index (χ0v) is 9.87. The number of aliphatic imine (C=N–C) groups is 1. The standard InChI is InChI=1S/C11H21N3O2/c1-2-16-10(15)8-13-11(12)14-9-6-4-3-5-7-9/h9H,2-8H2,1H3,(H3,12,13,14). The van der Waals surface area contributed by atoms with E-state index < -0.39 is 0 Å². The van der Waals surface area contributed by atoms with E-state index in [1.165, 1.54) is 19.3 Å². The van der Waals surface area contributed by atoms with Crippen molar-refractivity contribution >= 4 is 11.9 Å². The zero-order chi connectivity index (χ0) is 11.8. The second-order valence-corrected chi connectivity index (χ2v) is 3.99. The molecule has 5 heteroatoms. The first kappa shape index (κ1) is 12.8. The monoisotopic (exact) mass is 227 g/mol. The molecule has 0 aromatic rings. The van der Waals surface area contributed by atoms with E-state index >= 15 is 0 Å². The first-order chi connectivity index (χ1) is 7.72. The van der Waals surface area contributed by atoms with E-state index in [1.54, 1.807) is 6.92 Å². The van der Waals surface area contributed by atoms with Crippen molar-refractivity contribution in [3.05, 3.63) is 0 Å². The number of hydrogen-bond acceptors (Lipinski definition) is 3. The number of hydrogen-bond donors (Lipinski definition) is 2. The Bertz CT molecular complexity index is 248. The van der Waals surface area contributed by atoms with E-state index in [4.69, 9.17) is 10.5 Å². The van der Waals surface area contributed by atoms with Gasteiger partial charge in [0.1, 0.15) is 6.54 Å². The van der Waals surface area contributed by atoms with Gasteiger partial charge >= 0.3 is 5.97 Å². The Hall–Kier alpha value is -1.26. The number of nitrogens with one attached hydrogen (secondary N) is 1. The lowest BCUT2D eigenvalue weighted by Crippen LogP contribution is -2.41. The van der Waals surface area contributed by atoms with Gasteiger partial charge in [-0.05, 0) is 19.8 Å². The molecule has 0 aliphatic heterocycles. The molecule has 0 spiro atoms. The largest absolute Gasteiger partial charge is 0.465 e. The number of guanidine groups is 1. The van der Waals surface area contributed by atoms with Crippen LogP contribution in [0, 0.1) is 0 Å². The molecule has 92 valence electrons. The molecular formula is C11H21N3O2. The fourth-order valence-electron chi connectivity index (χ4n) is 1.86. The topological polar surface area (TPSA) is 76.7 Å². The Morgan fingerprint density at radius 2 is 2.12 bits per heavy atom. The molecule has 5 nitrogen and oxygen atoms in total. The number of nitrogens with zero attached hydrogens (tertiary/aromatic N) is 1. The molecule has 1 saturated carbocycles. The number of rotatable bonds is 4. The number of carbonyl (C=O) groups excluding carboxylic acids is 1. The summed E-state index contributed by atoms with van der Waals surface area (Å²) < 4.78 is 4.75. The van der Waals surface area contributed by atoms with Crippen molar-refractivity contribution in [2.24, 2.45) is 10.7 Å². The third kappa shape index (κ3) is 5.00. The Labute approximate surface area is 96.4 Å². The predicted octanol–water partition coefficient (Wildman–Crippen LogP) is 0.786. The average Bonchev–Trinajstić information content (AvgIpc) is 2.28. The predicted molar refractivity (Wildman–Crippen MR) is 63.1 cm³/mol. The molecule has 0 unspecified atom stereocenters. The Morgan fingerprint density at radius 1 is 1.44 bits per heavy atom. The number of carbonyl (C=O) groups is 1. The second kappa shape index (κ2) is 7.09. The third-order valence-corrected chi connectivity index (χ3v) is 2.64. The minimum atomic E-state index is -0.337. The highest BCUT2D eigenvalue weighted by Gasteiger charge is 2.13. The van der Waals surface area contributed by atoms with Crippen LogP contribution in [-0.4, -0.2) is 31.1 Å². The summed E-state index contributed by atoms with van der Waals surface area (Å²) in [7, 11) is 0. The summed E-state index contributed by atoms with van der Waals surface area (Å²) in [6, 6.07) is 0.416. The maximum atomic E-state index is 11.0. The molecular weight excluding hydrogens is 206 g/mol. The van der Waals surface area contributed by atoms with Crippen LogP contribution in [0.3, 0.4) is 0 Å². The molecule has 0 aromatic heterocycles. The second-order valence-electron chi connectivity index (χ2n) is 3.99. The molecule has 0 radical (unpaired) electrons. The Kier molecular flexibility index (Phi) is 5.67. The third-order valence-electron chi connectivity index (χ3n) is 2.64. The zero-order valence-electron chi connectivity index (χ0n) is 9.87. The van der Waals surface area contributed by atoms with Gasteiger partial charge in [0.25, 0.3) is 0 Å². The fourth-order valence-corrected chi connectivity index (χ4v) is 1.86. The molecule has 3 N–H and O–H groups in total. The van der Waals surface area contributed by atoms with Crippen molar-refractivity contribution in [3.63, 3.8) is 0 Å². The lowest BCUT2D eigenvalue weighted by molar-refractivity contribution is -0.141. The molecule has 1 fully saturated rings. The van der Waals surface area contributed by atoms with Crippen LogP contribution in [0.25, 0.3) is 0 Å². The van der Waals surface area contributed by atoms with Gasteiger partial charge in [-0.25, -0.2) is 4.99 Å². The summed E-state index contributed by atoms with van der Waals surface area (Å²) >= 11 is 0. The first-order valence-corrected chi connectivity index (χ1v) is 5.94. The molecule has 0 saturated heterocycles. The van der Waals surface area contributed by atoms with Crippen molar-refractivity contribution in [3.8, 4) is 0 Å². The number of ether oxygens (including phenoxy) is 1. The Morgan fingerprint density at radius 3 is 2.75 bits per heavy atom. The molecule has 0 bridgehead atoms. The van der Waals surface area contributed by atoms with Crippen LogP contribution in [0.1, 0.15) is 39.0 Å². The highest BCUT2D eigenvalue weighted by Crippen LogP contribution is 2.16. The maximum Gasteiger partial charge on any atom is 0.327 e. The summed E-state index contributed by atoms with van der Waals surface area (Å²) in [5.41, 5.74) is 5.68. The van der Waals surface area contributed by atoms with Gasteiger partial charge in [0, 0.05) is 6.04 Å². The number of nitrogens with two attached hydrogens (primary N) is 1. The van der Waals surface area contributed by atoms with Crippen LogP contribution in [0.4, 0.5) is 0 Å². The highest BCUT2D eigenvalue weighted by atomic mass is 16.5. The minimum Gasteiger partial charge on any atom is -0.465 e. The van der Waals surface area contributed by atoms with E-state index in [0.717, 1.165) is 12.8 Å². The summed E-state index contributed by atoms with van der Waals surface area (Å²) in [4.78, 5) is 15.0. The van der Waals surface area contributed by atoms with Crippen LogP contribution >= 0.6 is 0 Å². The van der Waals surface area contributed by atoms with Crippen molar-refractivity contribution in [1.82, 2.24) is 5.32 Å². The van der Waals surface area contributed by atoms with Crippen LogP contribution in [0.15, 0.2) is 4.99 Å². The lowest BCUT2D eigenvalue weighted by Gasteiger charge is -2.23. The molecule has 0 aromatic carbocycles. The molecule has 0 atom stereocenters. The van der Waals surface area contributed by atoms with Crippen LogP contribution in [-0.2, 0) is 9.53 Å². The smallest absolute Gasteiger partial charge is 0.327 e. The lowest BCUT2D eigenvalue weighted by atomic mass is 9.96. The van der Waals surface area contributed by atoms with E-state index in [2.05, 4.69) is 10.3 Å². The van der Waals surface area contributed by atoms with Gasteiger partial charge in [-0.1, -0.05) is 19.3 Å². The summed E-state index contributed by atoms with van der Waals surface area (Å²) in [6.45, 7) is 2.15. The molecule has 1 aliphatic carbocycles. The van der Waals surface area contributed by atoms with Gasteiger partial charge in [-0.2, -0.15) is 0 Å². The summed E-state index contributed by atoms with van der Waals surface area (Å²) in [5, 5.41) is 3.14. The fraction of sp³-hybridized carbons (Fsp3) is 0.818. The summed E-state index contributed by atoms with van der Waals surface area (Å²) in [5.74, 6) is 0.0100. The summed E-state index contributed by atoms with van der Waals surface area (Å²) in [6.07, 6.45) is 6.05. The van der Waals surface area contributed by atoms with Crippen LogP contribution in [0.5, 0.6) is 0 Å². The van der Waals surface area contributed by atoms with E-state index in [9.17, 15) is 4.79 Å². The number of esters is 1. The van der Waals surface area contributed by atoms with Gasteiger partial charge in [-0.15, -0.1) is 0 Å². The van der Waals surface area contributed by atoms with E-state index in [-0.39, 0.29) is 12.5 Å². The average molecular weight is 227 g/mol. The van der Waals surface area contributed by atoms with Crippen molar-refractivity contribution < 1.29 is 9.53 Å². The first-order valence-electron chi connectivity index (χ1n) is 5.94. The Balaban J connectivity index is 2.24. The molecule has 1 rings (SSSR count). The normalized spacial score (nSPS) is 18.2. The van der Waals surface area contributed by atoms with Gasteiger partial charge in [-0.3, -0.25) is 4.79 Å². The highest BCUT2D eigenvalue weighted by molar-refractivity contribution is 5.81. The minimum absolute atomic E-state index is 0.000602. The van der Waals surface area contributed by atoms with Crippen molar-refractivity contribution in [2.75, 3.05) is 13.2 Å². The molecule has 1 aliphatic rings. The van der Waals surface area contributed by atoms with Crippen molar-refractivity contribution in [2.45, 2.75) is 45.1 Å². The molecule has 0 heterocycles. The molecule has 0 amide bonds. The van der Waals surface area contributed by atoms with Gasteiger partial charge in [0.05, 0.1) is 6.61 Å². The van der Waals surface area contributed by atoms with Gasteiger partial charge < -0.3 is 15.8 Å². The van der Waals surface area contributed by atoms with Crippen LogP contribution in [0.2, 0.25) is 0 Å². The maximum absolute atomic E-state index is 11.0. The van der Waals surface area contributed by atoms with E-state index in [1.807, 2.05) is 0 Å². The van der Waals surface area contributed by atoms with Gasteiger partial charge in [0.2, 0.25) is 0 Å². The SMILES string of the molecule is CCOC(=O)CN=C(N)NC1CCCCC1. The quantitative estimate of drug-likeness (QED) is 0.423. The van der Waals surface area contributed by atoms with Gasteiger partial charge in [0.15, 0.2) is 5.96 Å². The van der Waals surface area contributed by atoms with Crippen molar-refractivity contribution in [1.29, 1.82) is 0 Å². The van der Waals surface area contributed by atoms with E-state index in [0.29, 0.717) is 18.6 Å². The van der Waals surface area contributed by atoms with Crippen LogP contribution < -0.4 is 11.1 Å². The molecule has 16 heavy (non-hydrogen) atoms.